The minimum absolute atomic E-state index is 0.215. The first-order valence-corrected chi connectivity index (χ1v) is 7.27. The first-order chi connectivity index (χ1) is 9.51. The van der Waals surface area contributed by atoms with Gasteiger partial charge in [-0.05, 0) is 51.4 Å². The molecule has 2 heteroatoms. The number of aromatic nitrogens is 1. The number of hydrogen-bond donors (Lipinski definition) is 1. The van der Waals surface area contributed by atoms with E-state index < -0.39 is 0 Å². The van der Waals surface area contributed by atoms with Crippen molar-refractivity contribution in [3.63, 3.8) is 0 Å². The molecule has 0 saturated heterocycles. The largest absolute Gasteiger partial charge is 0.306 e. The lowest BCUT2D eigenvalue weighted by molar-refractivity contribution is 0.623. The van der Waals surface area contributed by atoms with Crippen LogP contribution < -0.4 is 5.32 Å². The maximum Gasteiger partial charge on any atom is 0.0594 e. The molecule has 1 aromatic carbocycles. The van der Waals surface area contributed by atoms with Crippen LogP contribution in [0.25, 0.3) is 0 Å². The molecule has 0 aliphatic carbocycles. The number of aryl methyl sites for hydroxylation is 4. The van der Waals surface area contributed by atoms with Crippen molar-refractivity contribution in [1.82, 2.24) is 10.3 Å². The molecular weight excluding hydrogens is 244 g/mol. The molecule has 1 heterocycles. The van der Waals surface area contributed by atoms with Gasteiger partial charge in [0.15, 0.2) is 0 Å². The second-order valence-corrected chi connectivity index (χ2v) is 5.54. The fourth-order valence-corrected chi connectivity index (χ4v) is 2.79. The zero-order valence-electron chi connectivity index (χ0n) is 13.1. The van der Waals surface area contributed by atoms with Crippen molar-refractivity contribution in [2.45, 2.75) is 40.7 Å². The van der Waals surface area contributed by atoms with Crippen molar-refractivity contribution in [3.05, 3.63) is 64.0 Å². The van der Waals surface area contributed by atoms with Crippen LogP contribution in [0.5, 0.6) is 0 Å². The van der Waals surface area contributed by atoms with Crippen molar-refractivity contribution < 1.29 is 0 Å². The molecule has 0 amide bonds. The van der Waals surface area contributed by atoms with E-state index in [4.69, 9.17) is 0 Å². The highest BCUT2D eigenvalue weighted by molar-refractivity contribution is 5.38. The molecule has 0 aliphatic heterocycles. The molecule has 0 saturated carbocycles. The number of nitrogens with one attached hydrogen (secondary N) is 1. The zero-order chi connectivity index (χ0) is 14.7. The molecule has 2 aromatic rings. The Morgan fingerprint density at radius 2 is 1.65 bits per heavy atom. The third-order valence-electron chi connectivity index (χ3n) is 3.56. The van der Waals surface area contributed by atoms with E-state index in [0.29, 0.717) is 0 Å². The van der Waals surface area contributed by atoms with Crippen LogP contribution in [0, 0.1) is 27.7 Å². The number of pyridine rings is 1. The lowest BCUT2D eigenvalue weighted by Crippen LogP contribution is -2.23. The quantitative estimate of drug-likeness (QED) is 0.906. The highest BCUT2D eigenvalue weighted by Crippen LogP contribution is 2.26. The van der Waals surface area contributed by atoms with Gasteiger partial charge in [0.1, 0.15) is 0 Å². The molecule has 1 atom stereocenters. The summed E-state index contributed by atoms with van der Waals surface area (Å²) in [6.45, 7) is 11.5. The van der Waals surface area contributed by atoms with Crippen molar-refractivity contribution >= 4 is 0 Å². The van der Waals surface area contributed by atoms with E-state index in [2.05, 4.69) is 68.3 Å². The molecule has 0 radical (unpaired) electrons. The Morgan fingerprint density at radius 3 is 2.20 bits per heavy atom. The summed E-state index contributed by atoms with van der Waals surface area (Å²) in [6, 6.07) is 11.2. The Balaban J connectivity index is 2.49. The van der Waals surface area contributed by atoms with Crippen LogP contribution in [0.4, 0.5) is 0 Å². The van der Waals surface area contributed by atoms with Crippen LogP contribution in [0.2, 0.25) is 0 Å². The van der Waals surface area contributed by atoms with Crippen LogP contribution >= 0.6 is 0 Å². The van der Waals surface area contributed by atoms with Gasteiger partial charge in [0.05, 0.1) is 6.04 Å². The van der Waals surface area contributed by atoms with Crippen molar-refractivity contribution in [2.75, 3.05) is 6.54 Å². The van der Waals surface area contributed by atoms with Crippen LogP contribution in [-0.4, -0.2) is 11.5 Å². The van der Waals surface area contributed by atoms with E-state index in [0.717, 1.165) is 17.9 Å². The van der Waals surface area contributed by atoms with Gasteiger partial charge in [0.2, 0.25) is 0 Å². The molecule has 20 heavy (non-hydrogen) atoms. The minimum Gasteiger partial charge on any atom is -0.306 e. The third-order valence-corrected chi connectivity index (χ3v) is 3.56. The topological polar surface area (TPSA) is 24.9 Å². The van der Waals surface area contributed by atoms with Crippen molar-refractivity contribution in [2.24, 2.45) is 0 Å². The molecule has 106 valence electrons. The monoisotopic (exact) mass is 268 g/mol. The third kappa shape index (κ3) is 3.26. The van der Waals surface area contributed by atoms with Gasteiger partial charge in [-0.3, -0.25) is 4.98 Å². The van der Waals surface area contributed by atoms with E-state index in [1.807, 2.05) is 6.92 Å². The fraction of sp³-hybridized carbons (Fsp3) is 0.389. The van der Waals surface area contributed by atoms with Gasteiger partial charge in [0.25, 0.3) is 0 Å². The molecule has 0 aliphatic rings. The van der Waals surface area contributed by atoms with Gasteiger partial charge < -0.3 is 5.32 Å². The molecule has 2 rings (SSSR count). The van der Waals surface area contributed by atoms with Crippen LogP contribution in [0.15, 0.2) is 30.3 Å². The molecular formula is C18H24N2. The lowest BCUT2D eigenvalue weighted by atomic mass is 9.94. The maximum absolute atomic E-state index is 4.61. The standard InChI is InChI=1S/C18H24N2/c1-6-19-18(16-10-12(2)9-13(3)11-16)17-8-7-14(4)20-15(17)5/h7-11,18-19H,6H2,1-5H3. The Morgan fingerprint density at radius 1 is 1.00 bits per heavy atom. The molecule has 0 spiro atoms. The van der Waals surface area contributed by atoms with Gasteiger partial charge in [-0.25, -0.2) is 0 Å². The summed E-state index contributed by atoms with van der Waals surface area (Å²) in [5.74, 6) is 0. The zero-order valence-corrected chi connectivity index (χ0v) is 13.1. The SMILES string of the molecule is CCNC(c1cc(C)cc(C)c1)c1ccc(C)nc1C. The Labute approximate surface area is 122 Å². The average molecular weight is 268 g/mol. The number of rotatable bonds is 4. The summed E-state index contributed by atoms with van der Waals surface area (Å²) >= 11 is 0. The normalized spacial score (nSPS) is 12.4. The summed E-state index contributed by atoms with van der Waals surface area (Å²) in [5.41, 5.74) is 7.37. The second-order valence-electron chi connectivity index (χ2n) is 5.54. The molecule has 1 unspecified atom stereocenters. The first kappa shape index (κ1) is 14.7. The Kier molecular flexibility index (Phi) is 4.56. The predicted molar refractivity (Wildman–Crippen MR) is 85.1 cm³/mol. The summed E-state index contributed by atoms with van der Waals surface area (Å²) < 4.78 is 0. The smallest absolute Gasteiger partial charge is 0.0594 e. The number of benzene rings is 1. The Bertz CT molecular complexity index is 582. The fourth-order valence-electron chi connectivity index (χ4n) is 2.79. The van der Waals surface area contributed by atoms with Crippen LogP contribution in [0.1, 0.15) is 46.6 Å². The number of nitrogens with zero attached hydrogens (tertiary/aromatic N) is 1. The minimum atomic E-state index is 0.215. The van der Waals surface area contributed by atoms with Gasteiger partial charge in [-0.15, -0.1) is 0 Å². The molecule has 1 aromatic heterocycles. The van der Waals surface area contributed by atoms with Gasteiger partial charge in [-0.2, -0.15) is 0 Å². The lowest BCUT2D eigenvalue weighted by Gasteiger charge is -2.21. The van der Waals surface area contributed by atoms with Gasteiger partial charge >= 0.3 is 0 Å². The molecule has 0 bridgehead atoms. The molecule has 2 nitrogen and oxygen atoms in total. The van der Waals surface area contributed by atoms with E-state index in [1.165, 1.54) is 22.3 Å². The predicted octanol–water partition coefficient (Wildman–Crippen LogP) is 4.01. The van der Waals surface area contributed by atoms with E-state index in [-0.39, 0.29) is 6.04 Å². The summed E-state index contributed by atoms with van der Waals surface area (Å²) in [7, 11) is 0. The number of hydrogen-bond acceptors (Lipinski definition) is 2. The van der Waals surface area contributed by atoms with E-state index in [9.17, 15) is 0 Å². The summed E-state index contributed by atoms with van der Waals surface area (Å²) in [4.78, 5) is 4.61. The van der Waals surface area contributed by atoms with E-state index in [1.54, 1.807) is 0 Å². The Hall–Kier alpha value is -1.67. The highest BCUT2D eigenvalue weighted by atomic mass is 14.9. The van der Waals surface area contributed by atoms with Crippen molar-refractivity contribution in [3.8, 4) is 0 Å². The van der Waals surface area contributed by atoms with E-state index >= 15 is 0 Å². The molecule has 0 fully saturated rings. The van der Waals surface area contributed by atoms with Gasteiger partial charge in [0, 0.05) is 11.4 Å². The molecule has 1 N–H and O–H groups in total. The van der Waals surface area contributed by atoms with Crippen molar-refractivity contribution in [1.29, 1.82) is 0 Å². The average Bonchev–Trinajstić information content (AvgIpc) is 2.35. The van der Waals surface area contributed by atoms with Crippen LogP contribution in [-0.2, 0) is 0 Å². The summed E-state index contributed by atoms with van der Waals surface area (Å²) in [5, 5.41) is 3.59. The highest BCUT2D eigenvalue weighted by Gasteiger charge is 2.16. The van der Waals surface area contributed by atoms with Gasteiger partial charge in [-0.1, -0.05) is 42.3 Å². The first-order valence-electron chi connectivity index (χ1n) is 7.27. The second kappa shape index (κ2) is 6.19. The van der Waals surface area contributed by atoms with Crippen LogP contribution in [0.3, 0.4) is 0 Å². The maximum atomic E-state index is 4.61. The summed E-state index contributed by atoms with van der Waals surface area (Å²) in [6.07, 6.45) is 0.